The van der Waals surface area contributed by atoms with Gasteiger partial charge < -0.3 is 9.80 Å². The number of hydrogen-bond donors (Lipinski definition) is 0. The van der Waals surface area contributed by atoms with E-state index in [1.54, 1.807) is 0 Å². The topological polar surface area (TPSA) is 18.8 Å². The molecule has 0 radical (unpaired) electrons. The summed E-state index contributed by atoms with van der Waals surface area (Å²) in [5.74, 6) is 0.806. The molecule has 4 aromatic carbocycles. The summed E-state index contributed by atoms with van der Waals surface area (Å²) in [5.41, 5.74) is 10.5. The Hall–Kier alpha value is -3.85. The summed E-state index contributed by atoms with van der Waals surface area (Å²) in [6.07, 6.45) is 4.30. The van der Waals surface area contributed by atoms with Crippen molar-refractivity contribution in [2.75, 3.05) is 37.0 Å². The second-order valence-corrected chi connectivity index (χ2v) is 10.2. The Morgan fingerprint density at radius 3 is 1.75 bits per heavy atom. The quantitative estimate of drug-likeness (QED) is 0.283. The second kappa shape index (κ2) is 9.66. The number of benzene rings is 4. The fraction of sp³-hybridized carbons (Fsp3) is 0.242. The standard InChI is InChI=1S/C33H33N3/c1-35(2)28-15-13-24(14-16-28)23-34-27-21-31-29(25-9-5-3-6-10-25)17-19-36-20-18-30(32(22-27)33(31)36)26-11-7-4-8-12-26/h3-16,21-23,29-30H,17-20H2,1-2H3. The highest BCUT2D eigenvalue weighted by atomic mass is 15.1. The van der Waals surface area contributed by atoms with Gasteiger partial charge in [-0.25, -0.2) is 0 Å². The van der Waals surface area contributed by atoms with E-state index in [1.807, 2.05) is 6.21 Å². The van der Waals surface area contributed by atoms with Crippen LogP contribution >= 0.6 is 0 Å². The molecule has 0 aliphatic carbocycles. The molecule has 3 nitrogen and oxygen atoms in total. The largest absolute Gasteiger partial charge is 0.378 e. The maximum absolute atomic E-state index is 5.02. The first kappa shape index (κ1) is 22.6. The van der Waals surface area contributed by atoms with E-state index in [1.165, 1.54) is 33.6 Å². The van der Waals surface area contributed by atoms with Crippen LogP contribution in [0.25, 0.3) is 0 Å². The van der Waals surface area contributed by atoms with Gasteiger partial charge in [0.15, 0.2) is 0 Å². The first-order valence-electron chi connectivity index (χ1n) is 13.0. The average Bonchev–Trinajstić information content (AvgIpc) is 2.93. The van der Waals surface area contributed by atoms with Crippen molar-refractivity contribution in [2.45, 2.75) is 24.7 Å². The van der Waals surface area contributed by atoms with E-state index in [0.29, 0.717) is 11.8 Å². The normalized spacial score (nSPS) is 18.8. The van der Waals surface area contributed by atoms with Crippen LogP contribution in [-0.2, 0) is 0 Å². The molecule has 4 aromatic rings. The van der Waals surface area contributed by atoms with E-state index in [0.717, 1.165) is 37.2 Å². The SMILES string of the molecule is CN(C)c1ccc(C=Nc2cc3c4c(c2)C(c2ccccc2)CCN4CCC3c2ccccc2)cc1. The average molecular weight is 472 g/mol. The highest BCUT2D eigenvalue weighted by Crippen LogP contribution is 2.49. The molecule has 0 spiro atoms. The van der Waals surface area contributed by atoms with Crippen molar-refractivity contribution in [1.82, 2.24) is 0 Å². The van der Waals surface area contributed by atoms with Crippen LogP contribution in [0.4, 0.5) is 17.1 Å². The van der Waals surface area contributed by atoms with Crippen LogP contribution in [0.15, 0.2) is 102 Å². The Labute approximate surface area is 214 Å². The van der Waals surface area contributed by atoms with Crippen LogP contribution in [0.5, 0.6) is 0 Å². The Morgan fingerprint density at radius 2 is 1.25 bits per heavy atom. The zero-order valence-electron chi connectivity index (χ0n) is 21.1. The molecule has 36 heavy (non-hydrogen) atoms. The highest BCUT2D eigenvalue weighted by Gasteiger charge is 2.34. The maximum Gasteiger partial charge on any atom is 0.0637 e. The van der Waals surface area contributed by atoms with Gasteiger partial charge in [-0.2, -0.15) is 0 Å². The first-order chi connectivity index (χ1) is 17.7. The van der Waals surface area contributed by atoms with Crippen LogP contribution in [0, 0.1) is 0 Å². The molecule has 180 valence electrons. The van der Waals surface area contributed by atoms with Crippen LogP contribution in [0.3, 0.4) is 0 Å². The number of rotatable bonds is 5. The molecule has 2 aliphatic rings. The van der Waals surface area contributed by atoms with Crippen LogP contribution in [0.1, 0.15) is 52.5 Å². The van der Waals surface area contributed by atoms with Gasteiger partial charge in [-0.15, -0.1) is 0 Å². The van der Waals surface area contributed by atoms with Crippen molar-refractivity contribution in [2.24, 2.45) is 4.99 Å². The molecule has 0 N–H and O–H groups in total. The van der Waals surface area contributed by atoms with Gasteiger partial charge in [-0.05, 0) is 64.9 Å². The van der Waals surface area contributed by atoms with Crippen molar-refractivity contribution in [3.63, 3.8) is 0 Å². The Bertz CT molecular complexity index is 1280. The minimum absolute atomic E-state index is 0.403. The molecule has 2 unspecified atom stereocenters. The molecule has 0 aromatic heterocycles. The van der Waals surface area contributed by atoms with E-state index >= 15 is 0 Å². The first-order valence-corrected chi connectivity index (χ1v) is 13.0. The van der Waals surface area contributed by atoms with Crippen molar-refractivity contribution in [3.05, 3.63) is 125 Å². The lowest BCUT2D eigenvalue weighted by molar-refractivity contribution is 0.571. The molecular weight excluding hydrogens is 438 g/mol. The van der Waals surface area contributed by atoms with Crippen molar-refractivity contribution >= 4 is 23.3 Å². The molecule has 2 aliphatic heterocycles. The third-order valence-electron chi connectivity index (χ3n) is 7.77. The summed E-state index contributed by atoms with van der Waals surface area (Å²) in [5, 5.41) is 0. The fourth-order valence-corrected chi connectivity index (χ4v) is 5.92. The van der Waals surface area contributed by atoms with Crippen molar-refractivity contribution in [1.29, 1.82) is 0 Å². The minimum atomic E-state index is 0.403. The van der Waals surface area contributed by atoms with E-state index in [4.69, 9.17) is 4.99 Å². The molecule has 0 saturated heterocycles. The van der Waals surface area contributed by atoms with Gasteiger partial charge in [0.2, 0.25) is 0 Å². The molecule has 2 heterocycles. The van der Waals surface area contributed by atoms with Gasteiger partial charge in [0, 0.05) is 56.6 Å². The van der Waals surface area contributed by atoms with Gasteiger partial charge in [-0.3, -0.25) is 4.99 Å². The molecule has 6 rings (SSSR count). The summed E-state index contributed by atoms with van der Waals surface area (Å²) in [4.78, 5) is 9.76. The predicted octanol–water partition coefficient (Wildman–Crippen LogP) is 7.38. The number of nitrogens with zero attached hydrogens (tertiary/aromatic N) is 3. The molecular formula is C33H33N3. The van der Waals surface area contributed by atoms with Crippen molar-refractivity contribution in [3.8, 4) is 0 Å². The van der Waals surface area contributed by atoms with E-state index in [2.05, 4.69) is 121 Å². The Kier molecular flexibility index (Phi) is 6.06. The zero-order chi connectivity index (χ0) is 24.5. The summed E-state index contributed by atoms with van der Waals surface area (Å²) < 4.78 is 0. The van der Waals surface area contributed by atoms with E-state index in [-0.39, 0.29) is 0 Å². The zero-order valence-corrected chi connectivity index (χ0v) is 21.1. The Balaban J connectivity index is 1.46. The van der Waals surface area contributed by atoms with Crippen LogP contribution in [-0.4, -0.2) is 33.4 Å². The lowest BCUT2D eigenvalue weighted by atomic mass is 9.76. The van der Waals surface area contributed by atoms with Crippen molar-refractivity contribution < 1.29 is 0 Å². The van der Waals surface area contributed by atoms with Gasteiger partial charge in [0.1, 0.15) is 0 Å². The summed E-state index contributed by atoms with van der Waals surface area (Å²) >= 11 is 0. The molecule has 0 saturated carbocycles. The monoisotopic (exact) mass is 471 g/mol. The number of anilines is 2. The van der Waals surface area contributed by atoms with E-state index < -0.39 is 0 Å². The molecule has 3 heteroatoms. The van der Waals surface area contributed by atoms with Crippen LogP contribution < -0.4 is 9.80 Å². The third kappa shape index (κ3) is 4.30. The Morgan fingerprint density at radius 1 is 0.722 bits per heavy atom. The summed E-state index contributed by atoms with van der Waals surface area (Å²) in [6.45, 7) is 2.23. The lowest BCUT2D eigenvalue weighted by Crippen LogP contribution is -2.37. The molecule has 0 amide bonds. The maximum atomic E-state index is 5.02. The predicted molar refractivity (Wildman–Crippen MR) is 152 cm³/mol. The lowest BCUT2D eigenvalue weighted by Gasteiger charge is -2.43. The summed E-state index contributed by atoms with van der Waals surface area (Å²) in [7, 11) is 4.13. The third-order valence-corrected chi connectivity index (χ3v) is 7.77. The van der Waals surface area contributed by atoms with E-state index in [9.17, 15) is 0 Å². The molecule has 0 fully saturated rings. The van der Waals surface area contributed by atoms with Gasteiger partial charge in [-0.1, -0.05) is 72.8 Å². The molecule has 0 bridgehead atoms. The van der Waals surface area contributed by atoms with Gasteiger partial charge in [0.05, 0.1) is 5.69 Å². The van der Waals surface area contributed by atoms with Crippen LogP contribution in [0.2, 0.25) is 0 Å². The van der Waals surface area contributed by atoms with Gasteiger partial charge >= 0.3 is 0 Å². The van der Waals surface area contributed by atoms with Gasteiger partial charge in [0.25, 0.3) is 0 Å². The smallest absolute Gasteiger partial charge is 0.0637 e. The molecule has 2 atom stereocenters. The summed E-state index contributed by atoms with van der Waals surface area (Å²) in [6, 6.07) is 35.3. The number of aliphatic imine (C=N–C) groups is 1. The fourth-order valence-electron chi connectivity index (χ4n) is 5.92. The highest BCUT2D eigenvalue weighted by molar-refractivity contribution is 5.83. The number of hydrogen-bond acceptors (Lipinski definition) is 3. The second-order valence-electron chi connectivity index (χ2n) is 10.2. The minimum Gasteiger partial charge on any atom is -0.378 e.